The molecular weight excluding hydrogens is 204 g/mol. The van der Waals surface area contributed by atoms with E-state index in [9.17, 15) is 0 Å². The lowest BCUT2D eigenvalue weighted by Crippen LogP contribution is -1.85. The standard InChI is InChI=1S/C9H13ClN2S/c1-2-3-4-5-13-9-7-11-6-8(10)12-9/h6-7H,2-5H2,1H3. The van der Waals surface area contributed by atoms with E-state index in [1.54, 1.807) is 24.2 Å². The van der Waals surface area contributed by atoms with Gasteiger partial charge >= 0.3 is 0 Å². The van der Waals surface area contributed by atoms with E-state index in [0.717, 1.165) is 10.8 Å². The molecule has 4 heteroatoms. The van der Waals surface area contributed by atoms with Gasteiger partial charge in [-0.15, -0.1) is 11.8 Å². The monoisotopic (exact) mass is 216 g/mol. The number of aromatic nitrogens is 2. The van der Waals surface area contributed by atoms with Crippen molar-refractivity contribution in [2.75, 3.05) is 5.75 Å². The van der Waals surface area contributed by atoms with Crippen molar-refractivity contribution >= 4 is 23.4 Å². The maximum absolute atomic E-state index is 5.70. The summed E-state index contributed by atoms with van der Waals surface area (Å²) in [6.45, 7) is 2.20. The maximum atomic E-state index is 5.70. The van der Waals surface area contributed by atoms with E-state index in [4.69, 9.17) is 11.6 Å². The largest absolute Gasteiger partial charge is 0.259 e. The van der Waals surface area contributed by atoms with Crippen molar-refractivity contribution in [2.24, 2.45) is 0 Å². The fourth-order valence-electron chi connectivity index (χ4n) is 0.924. The minimum Gasteiger partial charge on any atom is -0.259 e. The van der Waals surface area contributed by atoms with Crippen LogP contribution >= 0.6 is 23.4 Å². The summed E-state index contributed by atoms with van der Waals surface area (Å²) in [7, 11) is 0. The van der Waals surface area contributed by atoms with E-state index >= 15 is 0 Å². The van der Waals surface area contributed by atoms with Gasteiger partial charge < -0.3 is 0 Å². The molecule has 72 valence electrons. The Labute approximate surface area is 88.1 Å². The summed E-state index contributed by atoms with van der Waals surface area (Å²) >= 11 is 7.41. The van der Waals surface area contributed by atoms with Crippen molar-refractivity contribution in [1.82, 2.24) is 9.97 Å². The van der Waals surface area contributed by atoms with Gasteiger partial charge in [0.25, 0.3) is 0 Å². The first-order chi connectivity index (χ1) is 6.33. The summed E-state index contributed by atoms with van der Waals surface area (Å²) in [5, 5.41) is 1.39. The van der Waals surface area contributed by atoms with Crippen LogP contribution in [0.3, 0.4) is 0 Å². The zero-order valence-corrected chi connectivity index (χ0v) is 9.24. The van der Waals surface area contributed by atoms with Gasteiger partial charge in [-0.2, -0.15) is 0 Å². The second kappa shape index (κ2) is 6.22. The molecule has 0 fully saturated rings. The van der Waals surface area contributed by atoms with Gasteiger partial charge in [0.15, 0.2) is 0 Å². The first-order valence-corrected chi connectivity index (χ1v) is 5.79. The number of unbranched alkanes of at least 4 members (excludes halogenated alkanes) is 2. The lowest BCUT2D eigenvalue weighted by atomic mass is 10.3. The normalized spacial score (nSPS) is 10.3. The molecule has 0 N–H and O–H groups in total. The third-order valence-electron chi connectivity index (χ3n) is 1.58. The highest BCUT2D eigenvalue weighted by Crippen LogP contribution is 2.17. The van der Waals surface area contributed by atoms with Crippen molar-refractivity contribution in [2.45, 2.75) is 31.2 Å². The quantitative estimate of drug-likeness (QED) is 0.557. The molecule has 0 aliphatic rings. The average Bonchev–Trinajstić information content (AvgIpc) is 2.13. The summed E-state index contributed by atoms with van der Waals surface area (Å²) in [6.07, 6.45) is 7.07. The van der Waals surface area contributed by atoms with Gasteiger partial charge in [-0.25, -0.2) is 4.98 Å². The zero-order chi connectivity index (χ0) is 9.52. The summed E-state index contributed by atoms with van der Waals surface area (Å²) in [5.74, 6) is 1.10. The van der Waals surface area contributed by atoms with Crippen molar-refractivity contribution < 1.29 is 0 Å². The summed E-state index contributed by atoms with van der Waals surface area (Å²) in [5.41, 5.74) is 0. The number of thioether (sulfide) groups is 1. The molecule has 0 spiro atoms. The van der Waals surface area contributed by atoms with Gasteiger partial charge in [-0.1, -0.05) is 31.4 Å². The topological polar surface area (TPSA) is 25.8 Å². The molecule has 0 radical (unpaired) electrons. The van der Waals surface area contributed by atoms with Gasteiger partial charge in [-0.3, -0.25) is 4.98 Å². The van der Waals surface area contributed by atoms with E-state index < -0.39 is 0 Å². The molecule has 1 heterocycles. The van der Waals surface area contributed by atoms with Crippen LogP contribution in [-0.4, -0.2) is 15.7 Å². The fourth-order valence-corrected chi connectivity index (χ4v) is 1.98. The van der Waals surface area contributed by atoms with Crippen LogP contribution in [0.2, 0.25) is 5.15 Å². The van der Waals surface area contributed by atoms with E-state index in [2.05, 4.69) is 16.9 Å². The molecule has 0 aliphatic carbocycles. The van der Waals surface area contributed by atoms with Crippen molar-refractivity contribution in [3.05, 3.63) is 17.5 Å². The van der Waals surface area contributed by atoms with E-state index in [-0.39, 0.29) is 0 Å². The molecule has 0 amide bonds. The SMILES string of the molecule is CCCCCSc1cncc(Cl)n1. The minimum absolute atomic E-state index is 0.473. The molecule has 1 aromatic rings. The molecule has 0 saturated heterocycles. The Balaban J connectivity index is 2.28. The average molecular weight is 217 g/mol. The third-order valence-corrected chi connectivity index (χ3v) is 2.75. The van der Waals surface area contributed by atoms with Crippen molar-refractivity contribution in [3.63, 3.8) is 0 Å². The van der Waals surface area contributed by atoms with Gasteiger partial charge in [-0.05, 0) is 12.2 Å². The smallest absolute Gasteiger partial charge is 0.148 e. The van der Waals surface area contributed by atoms with Crippen molar-refractivity contribution in [3.8, 4) is 0 Å². The van der Waals surface area contributed by atoms with Crippen LogP contribution < -0.4 is 0 Å². The first kappa shape index (κ1) is 10.8. The molecule has 0 atom stereocenters. The van der Waals surface area contributed by atoms with Crippen LogP contribution in [0.4, 0.5) is 0 Å². The Kier molecular flexibility index (Phi) is 5.16. The minimum atomic E-state index is 0.473. The predicted molar refractivity (Wildman–Crippen MR) is 57.3 cm³/mol. The highest BCUT2D eigenvalue weighted by molar-refractivity contribution is 7.99. The lowest BCUT2D eigenvalue weighted by Gasteiger charge is -1.99. The number of halogens is 1. The summed E-state index contributed by atoms with van der Waals surface area (Å²) in [6, 6.07) is 0. The Hall–Kier alpha value is -0.280. The maximum Gasteiger partial charge on any atom is 0.148 e. The van der Waals surface area contributed by atoms with E-state index in [1.807, 2.05) is 0 Å². The third kappa shape index (κ3) is 4.48. The summed E-state index contributed by atoms with van der Waals surface area (Å²) < 4.78 is 0. The number of rotatable bonds is 5. The molecule has 0 unspecified atom stereocenters. The first-order valence-electron chi connectivity index (χ1n) is 4.43. The molecule has 0 aromatic carbocycles. The number of nitrogens with zero attached hydrogens (tertiary/aromatic N) is 2. The molecule has 0 bridgehead atoms. The van der Waals surface area contributed by atoms with E-state index in [0.29, 0.717) is 5.15 Å². The molecule has 2 nitrogen and oxygen atoms in total. The van der Waals surface area contributed by atoms with Crippen LogP contribution in [0.1, 0.15) is 26.2 Å². The highest BCUT2D eigenvalue weighted by Gasteiger charge is 1.96. The summed E-state index contributed by atoms with van der Waals surface area (Å²) in [4.78, 5) is 8.10. The van der Waals surface area contributed by atoms with Gasteiger partial charge in [0, 0.05) is 0 Å². The second-order valence-electron chi connectivity index (χ2n) is 2.74. The zero-order valence-electron chi connectivity index (χ0n) is 7.66. The Morgan fingerprint density at radius 2 is 2.23 bits per heavy atom. The number of hydrogen-bond donors (Lipinski definition) is 0. The lowest BCUT2D eigenvalue weighted by molar-refractivity contribution is 0.778. The van der Waals surface area contributed by atoms with Crippen LogP contribution in [0.15, 0.2) is 17.4 Å². The Bertz CT molecular complexity index is 255. The number of hydrogen-bond acceptors (Lipinski definition) is 3. The second-order valence-corrected chi connectivity index (χ2v) is 4.24. The van der Waals surface area contributed by atoms with Gasteiger partial charge in [0.05, 0.1) is 12.4 Å². The van der Waals surface area contributed by atoms with Crippen LogP contribution in [0, 0.1) is 0 Å². The van der Waals surface area contributed by atoms with Crippen LogP contribution in [-0.2, 0) is 0 Å². The highest BCUT2D eigenvalue weighted by atomic mass is 35.5. The Morgan fingerprint density at radius 1 is 1.38 bits per heavy atom. The van der Waals surface area contributed by atoms with Crippen LogP contribution in [0.25, 0.3) is 0 Å². The van der Waals surface area contributed by atoms with Gasteiger partial charge in [0.1, 0.15) is 10.2 Å². The molecule has 1 aromatic heterocycles. The molecule has 1 rings (SSSR count). The van der Waals surface area contributed by atoms with Crippen LogP contribution in [0.5, 0.6) is 0 Å². The fraction of sp³-hybridized carbons (Fsp3) is 0.556. The Morgan fingerprint density at radius 3 is 2.92 bits per heavy atom. The molecule has 0 saturated carbocycles. The molecular formula is C9H13ClN2S. The molecule has 13 heavy (non-hydrogen) atoms. The molecule has 0 aliphatic heterocycles. The predicted octanol–water partition coefficient (Wildman–Crippen LogP) is 3.41. The van der Waals surface area contributed by atoms with Gasteiger partial charge in [0.2, 0.25) is 0 Å². The van der Waals surface area contributed by atoms with E-state index in [1.165, 1.54) is 19.3 Å². The van der Waals surface area contributed by atoms with Crippen molar-refractivity contribution in [1.29, 1.82) is 0 Å².